The standard InChI is InChI=1S/C13H15Br/c14-8-10-7-13(10)12-4-2-1-3-11(12)9-5-6-9/h1-4,9-10,13H,5-8H2. The van der Waals surface area contributed by atoms with Crippen molar-refractivity contribution in [3.05, 3.63) is 35.4 Å². The summed E-state index contributed by atoms with van der Waals surface area (Å²) in [6, 6.07) is 9.09. The molecule has 2 fully saturated rings. The van der Waals surface area contributed by atoms with Crippen molar-refractivity contribution < 1.29 is 0 Å². The van der Waals surface area contributed by atoms with Gasteiger partial charge < -0.3 is 0 Å². The topological polar surface area (TPSA) is 0 Å². The molecule has 0 heterocycles. The zero-order chi connectivity index (χ0) is 9.54. The Kier molecular flexibility index (Phi) is 2.16. The quantitative estimate of drug-likeness (QED) is 0.710. The van der Waals surface area contributed by atoms with E-state index in [-0.39, 0.29) is 0 Å². The fraction of sp³-hybridized carbons (Fsp3) is 0.538. The van der Waals surface area contributed by atoms with Crippen LogP contribution in [-0.2, 0) is 0 Å². The Morgan fingerprint density at radius 3 is 2.43 bits per heavy atom. The maximum atomic E-state index is 3.59. The lowest BCUT2D eigenvalue weighted by Crippen LogP contribution is -1.91. The highest BCUT2D eigenvalue weighted by atomic mass is 79.9. The monoisotopic (exact) mass is 250 g/mol. The van der Waals surface area contributed by atoms with Crippen LogP contribution < -0.4 is 0 Å². The second-order valence-corrected chi connectivity index (χ2v) is 5.31. The van der Waals surface area contributed by atoms with Gasteiger partial charge in [0.05, 0.1) is 0 Å². The molecule has 2 unspecified atom stereocenters. The fourth-order valence-corrected chi connectivity index (χ4v) is 3.13. The van der Waals surface area contributed by atoms with E-state index in [2.05, 4.69) is 40.2 Å². The van der Waals surface area contributed by atoms with Crippen LogP contribution in [0.25, 0.3) is 0 Å². The smallest absolute Gasteiger partial charge is 0.00657 e. The Hall–Kier alpha value is -0.300. The summed E-state index contributed by atoms with van der Waals surface area (Å²) >= 11 is 3.59. The highest BCUT2D eigenvalue weighted by molar-refractivity contribution is 9.09. The summed E-state index contributed by atoms with van der Waals surface area (Å²) in [5, 5.41) is 1.18. The van der Waals surface area contributed by atoms with E-state index in [9.17, 15) is 0 Å². The largest absolute Gasteiger partial charge is 0.0925 e. The second kappa shape index (κ2) is 3.37. The zero-order valence-corrected chi connectivity index (χ0v) is 9.83. The van der Waals surface area contributed by atoms with Crippen molar-refractivity contribution in [3.8, 4) is 0 Å². The fourth-order valence-electron chi connectivity index (χ4n) is 2.41. The van der Waals surface area contributed by atoms with Crippen molar-refractivity contribution in [2.24, 2.45) is 5.92 Å². The number of benzene rings is 1. The Morgan fingerprint density at radius 1 is 1.14 bits per heavy atom. The number of rotatable bonds is 3. The summed E-state index contributed by atoms with van der Waals surface area (Å²) in [5.41, 5.74) is 3.31. The first-order valence-electron chi connectivity index (χ1n) is 5.55. The molecule has 2 saturated carbocycles. The molecule has 0 nitrogen and oxygen atoms in total. The molecule has 0 radical (unpaired) electrons. The van der Waals surface area contributed by atoms with E-state index >= 15 is 0 Å². The Labute approximate surface area is 93.8 Å². The van der Waals surface area contributed by atoms with Gasteiger partial charge in [0.15, 0.2) is 0 Å². The third kappa shape index (κ3) is 1.52. The zero-order valence-electron chi connectivity index (χ0n) is 8.25. The van der Waals surface area contributed by atoms with E-state index in [1.54, 1.807) is 11.1 Å². The molecule has 0 N–H and O–H groups in total. The lowest BCUT2D eigenvalue weighted by molar-refractivity contribution is 0.914. The van der Waals surface area contributed by atoms with E-state index in [0.29, 0.717) is 0 Å². The van der Waals surface area contributed by atoms with E-state index in [1.165, 1.54) is 24.6 Å². The lowest BCUT2D eigenvalue weighted by Gasteiger charge is -2.07. The summed E-state index contributed by atoms with van der Waals surface area (Å²) in [6.45, 7) is 0. The molecule has 0 spiro atoms. The Bertz CT molecular complexity index is 341. The molecular formula is C13H15Br. The van der Waals surface area contributed by atoms with Gasteiger partial charge >= 0.3 is 0 Å². The molecule has 0 bridgehead atoms. The molecular weight excluding hydrogens is 236 g/mol. The summed E-state index contributed by atoms with van der Waals surface area (Å²) in [4.78, 5) is 0. The van der Waals surface area contributed by atoms with Crippen LogP contribution in [0.1, 0.15) is 42.2 Å². The Balaban J connectivity index is 1.89. The van der Waals surface area contributed by atoms with Gasteiger partial charge in [-0.1, -0.05) is 40.2 Å². The van der Waals surface area contributed by atoms with Crippen LogP contribution in [0.2, 0.25) is 0 Å². The molecule has 1 aromatic carbocycles. The van der Waals surface area contributed by atoms with Crippen LogP contribution in [0.15, 0.2) is 24.3 Å². The van der Waals surface area contributed by atoms with Crippen molar-refractivity contribution in [2.75, 3.05) is 5.33 Å². The second-order valence-electron chi connectivity index (χ2n) is 4.66. The van der Waals surface area contributed by atoms with E-state index in [4.69, 9.17) is 0 Å². The predicted molar refractivity (Wildman–Crippen MR) is 63.1 cm³/mol. The lowest BCUT2D eigenvalue weighted by atomic mass is 9.99. The van der Waals surface area contributed by atoms with Gasteiger partial charge in [0.1, 0.15) is 0 Å². The summed E-state index contributed by atoms with van der Waals surface area (Å²) in [6.07, 6.45) is 4.24. The van der Waals surface area contributed by atoms with Crippen LogP contribution >= 0.6 is 15.9 Å². The van der Waals surface area contributed by atoms with Gasteiger partial charge in [-0.2, -0.15) is 0 Å². The molecule has 1 aromatic rings. The van der Waals surface area contributed by atoms with Gasteiger partial charge in [-0.25, -0.2) is 0 Å². The first kappa shape index (κ1) is 8.96. The van der Waals surface area contributed by atoms with Crippen LogP contribution in [0.5, 0.6) is 0 Å². The molecule has 3 rings (SSSR count). The molecule has 1 heteroatoms. The number of alkyl halides is 1. The van der Waals surface area contributed by atoms with Crippen LogP contribution in [0.4, 0.5) is 0 Å². The van der Waals surface area contributed by atoms with Gasteiger partial charge in [-0.3, -0.25) is 0 Å². The molecule has 2 aliphatic rings. The third-order valence-corrected chi connectivity index (χ3v) is 4.37. The van der Waals surface area contributed by atoms with Crippen molar-refractivity contribution >= 4 is 15.9 Å². The number of hydrogen-bond acceptors (Lipinski definition) is 0. The summed E-state index contributed by atoms with van der Waals surface area (Å²) in [5.74, 6) is 2.68. The minimum absolute atomic E-state index is 0.867. The minimum Gasteiger partial charge on any atom is -0.0925 e. The van der Waals surface area contributed by atoms with Crippen LogP contribution in [0, 0.1) is 5.92 Å². The molecule has 2 atom stereocenters. The summed E-state index contributed by atoms with van der Waals surface area (Å²) < 4.78 is 0. The van der Waals surface area contributed by atoms with Gasteiger partial charge in [0, 0.05) is 5.33 Å². The van der Waals surface area contributed by atoms with Crippen LogP contribution in [0.3, 0.4) is 0 Å². The maximum absolute atomic E-state index is 3.59. The normalized spacial score (nSPS) is 30.4. The highest BCUT2D eigenvalue weighted by Crippen LogP contribution is 2.53. The van der Waals surface area contributed by atoms with Crippen molar-refractivity contribution in [1.82, 2.24) is 0 Å². The van der Waals surface area contributed by atoms with E-state index in [0.717, 1.165) is 17.8 Å². The SMILES string of the molecule is BrCC1CC1c1ccccc1C1CC1. The van der Waals surface area contributed by atoms with E-state index in [1.807, 2.05) is 0 Å². The highest BCUT2D eigenvalue weighted by Gasteiger charge is 2.40. The van der Waals surface area contributed by atoms with Gasteiger partial charge in [0.25, 0.3) is 0 Å². The molecule has 0 amide bonds. The average Bonchev–Trinajstić information content (AvgIpc) is 3.11. The molecule has 74 valence electrons. The predicted octanol–water partition coefficient (Wildman–Crippen LogP) is 4.06. The van der Waals surface area contributed by atoms with Gasteiger partial charge in [0.2, 0.25) is 0 Å². The average molecular weight is 251 g/mol. The first-order chi connectivity index (χ1) is 6.90. The Morgan fingerprint density at radius 2 is 1.86 bits per heavy atom. The van der Waals surface area contributed by atoms with Crippen molar-refractivity contribution in [3.63, 3.8) is 0 Å². The van der Waals surface area contributed by atoms with E-state index < -0.39 is 0 Å². The molecule has 2 aliphatic carbocycles. The third-order valence-electron chi connectivity index (χ3n) is 3.53. The molecule has 14 heavy (non-hydrogen) atoms. The van der Waals surface area contributed by atoms with Crippen molar-refractivity contribution in [1.29, 1.82) is 0 Å². The molecule has 0 saturated heterocycles. The minimum atomic E-state index is 0.867. The molecule has 0 aliphatic heterocycles. The van der Waals surface area contributed by atoms with Crippen LogP contribution in [-0.4, -0.2) is 5.33 Å². The number of hydrogen-bond donors (Lipinski definition) is 0. The van der Waals surface area contributed by atoms with Gasteiger partial charge in [-0.15, -0.1) is 0 Å². The van der Waals surface area contributed by atoms with Gasteiger partial charge in [-0.05, 0) is 48.1 Å². The van der Waals surface area contributed by atoms with Crippen molar-refractivity contribution in [2.45, 2.75) is 31.1 Å². The maximum Gasteiger partial charge on any atom is 0.00657 e. The molecule has 0 aromatic heterocycles. The summed E-state index contributed by atoms with van der Waals surface area (Å²) in [7, 11) is 0. The first-order valence-corrected chi connectivity index (χ1v) is 6.67. The number of halogens is 1.